The predicted molar refractivity (Wildman–Crippen MR) is 130 cm³/mol. The number of nitrogens with zero attached hydrogens (tertiary/aromatic N) is 2. The standard InChI is InChI=1S/C27H31FN2O4/c1-4-7-25(31)30-24(16-28)23(15-10-18(2)3)29(27(30)34)17-19-11-13-20(14-12-19)21-8-5-6-9-22(21)26(32)33/h5-6,8-9,11-14,18H,4,7,10,15-17H2,1-3H3,(H,32,33). The van der Waals surface area contributed by atoms with Gasteiger partial charge < -0.3 is 5.11 Å². The Bertz CT molecular complexity index is 1220. The Kier molecular flexibility index (Phi) is 8.21. The van der Waals surface area contributed by atoms with Crippen molar-refractivity contribution in [2.45, 2.75) is 59.7 Å². The highest BCUT2D eigenvalue weighted by Gasteiger charge is 2.23. The molecule has 34 heavy (non-hydrogen) atoms. The van der Waals surface area contributed by atoms with Crippen molar-refractivity contribution >= 4 is 11.9 Å². The molecule has 180 valence electrons. The summed E-state index contributed by atoms with van der Waals surface area (Å²) >= 11 is 0. The van der Waals surface area contributed by atoms with Crippen LogP contribution in [-0.4, -0.2) is 26.1 Å². The Balaban J connectivity index is 2.01. The van der Waals surface area contributed by atoms with E-state index < -0.39 is 18.3 Å². The Morgan fingerprint density at radius 2 is 1.71 bits per heavy atom. The van der Waals surface area contributed by atoms with E-state index in [4.69, 9.17) is 0 Å². The van der Waals surface area contributed by atoms with Crippen molar-refractivity contribution in [1.29, 1.82) is 0 Å². The first-order valence-electron chi connectivity index (χ1n) is 11.6. The van der Waals surface area contributed by atoms with Gasteiger partial charge in [-0.3, -0.25) is 9.36 Å². The molecule has 0 fully saturated rings. The van der Waals surface area contributed by atoms with Gasteiger partial charge in [0.15, 0.2) is 0 Å². The van der Waals surface area contributed by atoms with Crippen LogP contribution in [0.25, 0.3) is 11.1 Å². The third-order valence-corrected chi connectivity index (χ3v) is 5.91. The number of benzene rings is 2. The zero-order valence-corrected chi connectivity index (χ0v) is 19.9. The summed E-state index contributed by atoms with van der Waals surface area (Å²) in [7, 11) is 0. The number of hydrogen-bond donors (Lipinski definition) is 1. The van der Waals surface area contributed by atoms with Gasteiger partial charge in [-0.05, 0) is 47.9 Å². The number of aromatic carboxylic acids is 1. The number of aromatic nitrogens is 2. The minimum atomic E-state index is -1.00. The topological polar surface area (TPSA) is 81.3 Å². The molecule has 0 radical (unpaired) electrons. The fraction of sp³-hybridized carbons (Fsp3) is 0.370. The maximum Gasteiger partial charge on any atom is 0.336 e. The maximum atomic E-state index is 14.1. The van der Waals surface area contributed by atoms with E-state index in [0.29, 0.717) is 30.0 Å². The SMILES string of the molecule is CCCC(=O)n1c(CF)c(CCC(C)C)n(Cc2ccc(-c3ccccc3C(=O)O)cc2)c1=O. The molecule has 1 heterocycles. The minimum absolute atomic E-state index is 0.149. The van der Waals surface area contributed by atoms with Gasteiger partial charge in [0.25, 0.3) is 0 Å². The van der Waals surface area contributed by atoms with Gasteiger partial charge in [-0.1, -0.05) is 63.2 Å². The fourth-order valence-corrected chi connectivity index (χ4v) is 4.12. The lowest BCUT2D eigenvalue weighted by atomic mass is 9.98. The minimum Gasteiger partial charge on any atom is -0.478 e. The number of rotatable bonds is 10. The molecule has 0 saturated heterocycles. The zero-order valence-electron chi connectivity index (χ0n) is 19.9. The van der Waals surface area contributed by atoms with E-state index in [-0.39, 0.29) is 30.1 Å². The van der Waals surface area contributed by atoms with Crippen LogP contribution in [0.5, 0.6) is 0 Å². The molecule has 0 unspecified atom stereocenters. The maximum absolute atomic E-state index is 14.1. The largest absolute Gasteiger partial charge is 0.478 e. The van der Waals surface area contributed by atoms with Crippen molar-refractivity contribution in [2.24, 2.45) is 5.92 Å². The molecule has 6 nitrogen and oxygen atoms in total. The number of halogens is 1. The van der Waals surface area contributed by atoms with Crippen LogP contribution in [0.15, 0.2) is 53.3 Å². The lowest BCUT2D eigenvalue weighted by Gasteiger charge is -2.11. The summed E-state index contributed by atoms with van der Waals surface area (Å²) in [4.78, 5) is 37.4. The molecular formula is C27H31FN2O4. The highest BCUT2D eigenvalue weighted by Crippen LogP contribution is 2.25. The van der Waals surface area contributed by atoms with Crippen molar-refractivity contribution in [2.75, 3.05) is 0 Å². The molecule has 3 rings (SSSR count). The van der Waals surface area contributed by atoms with Crippen LogP contribution in [-0.2, 0) is 19.6 Å². The molecule has 2 aromatic carbocycles. The second-order valence-electron chi connectivity index (χ2n) is 8.86. The van der Waals surface area contributed by atoms with Crippen LogP contribution >= 0.6 is 0 Å². The summed E-state index contributed by atoms with van der Waals surface area (Å²) in [6.45, 7) is 5.29. The molecule has 0 bridgehead atoms. The third kappa shape index (κ3) is 5.35. The Hall–Kier alpha value is -3.48. The number of hydrogen-bond acceptors (Lipinski definition) is 3. The monoisotopic (exact) mass is 466 g/mol. The predicted octanol–water partition coefficient (Wildman–Crippen LogP) is 5.56. The average molecular weight is 467 g/mol. The molecule has 3 aromatic rings. The molecule has 0 aliphatic carbocycles. The van der Waals surface area contributed by atoms with E-state index >= 15 is 0 Å². The first-order chi connectivity index (χ1) is 16.3. The van der Waals surface area contributed by atoms with Crippen molar-refractivity contribution in [3.05, 3.63) is 81.5 Å². The van der Waals surface area contributed by atoms with Crippen molar-refractivity contribution < 1.29 is 19.1 Å². The summed E-state index contributed by atoms with van der Waals surface area (Å²) in [6.07, 6.45) is 2.02. The van der Waals surface area contributed by atoms with Gasteiger partial charge in [0.1, 0.15) is 6.67 Å². The van der Waals surface area contributed by atoms with Gasteiger partial charge in [-0.15, -0.1) is 0 Å². The second-order valence-corrected chi connectivity index (χ2v) is 8.86. The molecule has 0 aliphatic rings. The van der Waals surface area contributed by atoms with Crippen LogP contribution in [0.2, 0.25) is 0 Å². The van der Waals surface area contributed by atoms with E-state index in [2.05, 4.69) is 13.8 Å². The lowest BCUT2D eigenvalue weighted by Crippen LogP contribution is -2.30. The highest BCUT2D eigenvalue weighted by atomic mass is 19.1. The Morgan fingerprint density at radius 3 is 2.29 bits per heavy atom. The van der Waals surface area contributed by atoms with Crippen LogP contribution in [0.3, 0.4) is 0 Å². The molecular weight excluding hydrogens is 435 g/mol. The van der Waals surface area contributed by atoms with Crippen LogP contribution in [0.4, 0.5) is 4.39 Å². The molecule has 7 heteroatoms. The molecule has 1 N–H and O–H groups in total. The van der Waals surface area contributed by atoms with Crippen molar-refractivity contribution in [3.63, 3.8) is 0 Å². The summed E-state index contributed by atoms with van der Waals surface area (Å²) in [5.74, 6) is -1.03. The van der Waals surface area contributed by atoms with E-state index in [1.54, 1.807) is 24.3 Å². The summed E-state index contributed by atoms with van der Waals surface area (Å²) in [5.41, 5.74) is 2.56. The van der Waals surface area contributed by atoms with Crippen LogP contribution in [0, 0.1) is 5.92 Å². The number of carbonyl (C=O) groups excluding carboxylic acids is 1. The molecule has 0 aliphatic heterocycles. The number of carboxylic acid groups (broad SMARTS) is 1. The Labute approximate surface area is 198 Å². The van der Waals surface area contributed by atoms with Gasteiger partial charge in [0.2, 0.25) is 5.91 Å². The fourth-order valence-electron chi connectivity index (χ4n) is 4.12. The van der Waals surface area contributed by atoms with E-state index in [9.17, 15) is 23.9 Å². The number of carboxylic acids is 1. The third-order valence-electron chi connectivity index (χ3n) is 5.91. The number of carbonyl (C=O) groups is 2. The van der Waals surface area contributed by atoms with Crippen LogP contribution < -0.4 is 5.69 Å². The normalized spacial score (nSPS) is 11.2. The summed E-state index contributed by atoms with van der Waals surface area (Å²) in [5, 5.41) is 9.46. The highest BCUT2D eigenvalue weighted by molar-refractivity contribution is 5.96. The smallest absolute Gasteiger partial charge is 0.336 e. The summed E-state index contributed by atoms with van der Waals surface area (Å²) < 4.78 is 16.6. The van der Waals surface area contributed by atoms with Crippen LogP contribution in [0.1, 0.15) is 72.1 Å². The quantitative estimate of drug-likeness (QED) is 0.424. The molecule has 0 amide bonds. The number of imidazole rings is 1. The van der Waals surface area contributed by atoms with Crippen molar-refractivity contribution in [3.8, 4) is 11.1 Å². The molecule has 0 saturated carbocycles. The average Bonchev–Trinajstić information content (AvgIpc) is 3.08. The first kappa shape index (κ1) is 25.1. The summed E-state index contributed by atoms with van der Waals surface area (Å²) in [6, 6.07) is 14.0. The van der Waals surface area contributed by atoms with Gasteiger partial charge in [-0.25, -0.2) is 18.5 Å². The molecule has 1 aromatic heterocycles. The van der Waals surface area contributed by atoms with E-state index in [1.165, 1.54) is 4.57 Å². The van der Waals surface area contributed by atoms with Gasteiger partial charge >= 0.3 is 11.7 Å². The van der Waals surface area contributed by atoms with E-state index in [1.807, 2.05) is 31.2 Å². The van der Waals surface area contributed by atoms with Gasteiger partial charge in [-0.2, -0.15) is 0 Å². The van der Waals surface area contributed by atoms with Crippen molar-refractivity contribution in [1.82, 2.24) is 9.13 Å². The van der Waals surface area contributed by atoms with Gasteiger partial charge in [0, 0.05) is 12.1 Å². The number of alkyl halides is 1. The lowest BCUT2D eigenvalue weighted by molar-refractivity contribution is 0.0697. The first-order valence-corrected chi connectivity index (χ1v) is 11.6. The Morgan fingerprint density at radius 1 is 1.03 bits per heavy atom. The second kappa shape index (κ2) is 11.1. The van der Waals surface area contributed by atoms with Gasteiger partial charge in [0.05, 0.1) is 17.8 Å². The zero-order chi connectivity index (χ0) is 24.8. The van der Waals surface area contributed by atoms with E-state index in [0.717, 1.165) is 22.1 Å². The molecule has 0 atom stereocenters. The molecule has 0 spiro atoms.